The zero-order valence-corrected chi connectivity index (χ0v) is 11.7. The Morgan fingerprint density at radius 2 is 2.10 bits per heavy atom. The van der Waals surface area contributed by atoms with Gasteiger partial charge in [-0.2, -0.15) is 0 Å². The van der Waals surface area contributed by atoms with E-state index in [1.54, 1.807) is 6.08 Å². The number of carbonyl (C=O) groups is 1. The predicted octanol–water partition coefficient (Wildman–Crippen LogP) is 2.14. The fourth-order valence-corrected chi connectivity index (χ4v) is 2.52. The summed E-state index contributed by atoms with van der Waals surface area (Å²) in [6.45, 7) is 4.52. The van der Waals surface area contributed by atoms with Crippen LogP contribution in [0.25, 0.3) is 0 Å². The predicted molar refractivity (Wildman–Crippen MR) is 79.4 cm³/mol. The maximum absolute atomic E-state index is 12.2. The lowest BCUT2D eigenvalue weighted by Gasteiger charge is -2.22. The second-order valence-corrected chi connectivity index (χ2v) is 5.25. The van der Waals surface area contributed by atoms with Crippen LogP contribution in [-0.2, 0) is 11.3 Å². The van der Waals surface area contributed by atoms with Crippen molar-refractivity contribution < 1.29 is 9.53 Å². The number of hydrogen-bond acceptors (Lipinski definition) is 3. The van der Waals surface area contributed by atoms with Gasteiger partial charge in [0, 0.05) is 12.1 Å². The monoisotopic (exact) mass is 274 g/mol. The fourth-order valence-electron chi connectivity index (χ4n) is 2.52. The summed E-state index contributed by atoms with van der Waals surface area (Å²) >= 11 is 0. The molecule has 2 rings (SSSR count). The molecule has 4 heteroatoms. The van der Waals surface area contributed by atoms with Gasteiger partial charge in [0.05, 0.1) is 5.54 Å². The lowest BCUT2D eigenvalue weighted by atomic mass is 9.98. The largest absolute Gasteiger partial charge is 0.489 e. The Morgan fingerprint density at radius 1 is 1.40 bits per heavy atom. The summed E-state index contributed by atoms with van der Waals surface area (Å²) in [7, 11) is 0. The highest BCUT2D eigenvalue weighted by molar-refractivity contribution is 5.86. The van der Waals surface area contributed by atoms with Crippen molar-refractivity contribution in [1.82, 2.24) is 5.32 Å². The van der Waals surface area contributed by atoms with Gasteiger partial charge in [0.15, 0.2) is 0 Å². The van der Waals surface area contributed by atoms with Crippen LogP contribution in [0.5, 0.6) is 5.75 Å². The van der Waals surface area contributed by atoms with Crippen LogP contribution in [0, 0.1) is 0 Å². The van der Waals surface area contributed by atoms with E-state index in [2.05, 4.69) is 11.9 Å². The summed E-state index contributed by atoms with van der Waals surface area (Å²) in [6.07, 6.45) is 5.30. The first-order valence-corrected chi connectivity index (χ1v) is 7.04. The quantitative estimate of drug-likeness (QED) is 0.781. The molecular weight excluding hydrogens is 252 g/mol. The molecule has 0 radical (unpaired) electrons. The first-order chi connectivity index (χ1) is 9.65. The van der Waals surface area contributed by atoms with E-state index in [4.69, 9.17) is 10.5 Å². The van der Waals surface area contributed by atoms with Gasteiger partial charge in [-0.15, -0.1) is 0 Å². The minimum Gasteiger partial charge on any atom is -0.489 e. The molecule has 108 valence electrons. The Balaban J connectivity index is 1.96. The number of amides is 1. The molecule has 1 aromatic rings. The van der Waals surface area contributed by atoms with Crippen LogP contribution >= 0.6 is 0 Å². The molecule has 0 spiro atoms. The Hall–Kier alpha value is -1.81. The molecule has 1 aliphatic rings. The topological polar surface area (TPSA) is 64.3 Å². The Bertz CT molecular complexity index is 479. The van der Waals surface area contributed by atoms with Gasteiger partial charge in [-0.1, -0.05) is 43.7 Å². The van der Waals surface area contributed by atoms with Crippen molar-refractivity contribution in [3.05, 3.63) is 42.5 Å². The molecule has 1 aromatic carbocycles. The van der Waals surface area contributed by atoms with Gasteiger partial charge in [0.2, 0.25) is 5.91 Å². The van der Waals surface area contributed by atoms with E-state index in [0.29, 0.717) is 13.2 Å². The highest BCUT2D eigenvalue weighted by atomic mass is 16.5. The summed E-state index contributed by atoms with van der Waals surface area (Å²) in [5, 5.41) is 2.93. The number of nitrogens with two attached hydrogens (primary N) is 1. The highest BCUT2D eigenvalue weighted by Gasteiger charge is 2.36. The van der Waals surface area contributed by atoms with E-state index in [0.717, 1.165) is 37.0 Å². The number of rotatable bonds is 6. The van der Waals surface area contributed by atoms with Crippen LogP contribution < -0.4 is 15.8 Å². The van der Waals surface area contributed by atoms with E-state index in [1.807, 2.05) is 24.3 Å². The molecule has 0 heterocycles. The van der Waals surface area contributed by atoms with Crippen LogP contribution in [0.3, 0.4) is 0 Å². The SMILES string of the molecule is C=CCOc1ccccc1CNC(=O)C1(N)CCCC1. The smallest absolute Gasteiger partial charge is 0.240 e. The van der Waals surface area contributed by atoms with E-state index in [9.17, 15) is 4.79 Å². The standard InChI is InChI=1S/C16H22N2O2/c1-2-11-20-14-8-4-3-7-13(14)12-18-15(19)16(17)9-5-6-10-16/h2-4,7-8H,1,5-6,9-12,17H2,(H,18,19). The van der Waals surface area contributed by atoms with Crippen molar-refractivity contribution in [3.8, 4) is 5.75 Å². The van der Waals surface area contributed by atoms with Gasteiger partial charge in [0.1, 0.15) is 12.4 Å². The number of ether oxygens (including phenoxy) is 1. The Kier molecular flexibility index (Phi) is 4.79. The number of benzene rings is 1. The molecule has 0 atom stereocenters. The van der Waals surface area contributed by atoms with Gasteiger partial charge in [-0.25, -0.2) is 0 Å². The molecule has 0 bridgehead atoms. The van der Waals surface area contributed by atoms with Crippen molar-refractivity contribution in [3.63, 3.8) is 0 Å². The van der Waals surface area contributed by atoms with Crippen molar-refractivity contribution >= 4 is 5.91 Å². The number of carbonyl (C=O) groups excluding carboxylic acids is 1. The van der Waals surface area contributed by atoms with Gasteiger partial charge < -0.3 is 15.8 Å². The molecule has 3 N–H and O–H groups in total. The lowest BCUT2D eigenvalue weighted by molar-refractivity contribution is -0.126. The minimum atomic E-state index is -0.684. The molecule has 1 fully saturated rings. The molecule has 1 amide bonds. The van der Waals surface area contributed by atoms with Crippen molar-refractivity contribution in [1.29, 1.82) is 0 Å². The van der Waals surface area contributed by atoms with E-state index >= 15 is 0 Å². The summed E-state index contributed by atoms with van der Waals surface area (Å²) in [6, 6.07) is 7.66. The molecule has 4 nitrogen and oxygen atoms in total. The lowest BCUT2D eigenvalue weighted by Crippen LogP contribution is -2.51. The fraction of sp³-hybridized carbons (Fsp3) is 0.438. The Labute approximate surface area is 120 Å². The van der Waals surface area contributed by atoms with Crippen LogP contribution in [0.15, 0.2) is 36.9 Å². The first-order valence-electron chi connectivity index (χ1n) is 7.04. The van der Waals surface area contributed by atoms with Crippen LogP contribution in [0.1, 0.15) is 31.2 Å². The van der Waals surface area contributed by atoms with Crippen molar-refractivity contribution in [2.45, 2.75) is 37.8 Å². The third kappa shape index (κ3) is 3.39. The van der Waals surface area contributed by atoms with Crippen LogP contribution in [0.4, 0.5) is 0 Å². The molecule has 0 aromatic heterocycles. The third-order valence-corrected chi connectivity index (χ3v) is 3.72. The van der Waals surface area contributed by atoms with Gasteiger partial charge in [0.25, 0.3) is 0 Å². The highest BCUT2D eigenvalue weighted by Crippen LogP contribution is 2.27. The van der Waals surface area contributed by atoms with Crippen LogP contribution in [0.2, 0.25) is 0 Å². The molecule has 0 saturated heterocycles. The zero-order chi connectivity index (χ0) is 14.4. The molecule has 1 saturated carbocycles. The average Bonchev–Trinajstić information content (AvgIpc) is 2.91. The summed E-state index contributed by atoms with van der Waals surface area (Å²) in [5.74, 6) is 0.707. The maximum Gasteiger partial charge on any atom is 0.240 e. The normalized spacial score (nSPS) is 16.6. The van der Waals surface area contributed by atoms with Crippen LogP contribution in [-0.4, -0.2) is 18.1 Å². The first kappa shape index (κ1) is 14.6. The zero-order valence-electron chi connectivity index (χ0n) is 11.7. The third-order valence-electron chi connectivity index (χ3n) is 3.72. The molecule has 20 heavy (non-hydrogen) atoms. The maximum atomic E-state index is 12.2. The van der Waals surface area contributed by atoms with E-state index in [-0.39, 0.29) is 5.91 Å². The van der Waals surface area contributed by atoms with E-state index < -0.39 is 5.54 Å². The van der Waals surface area contributed by atoms with Gasteiger partial charge >= 0.3 is 0 Å². The van der Waals surface area contributed by atoms with Crippen molar-refractivity contribution in [2.75, 3.05) is 6.61 Å². The van der Waals surface area contributed by atoms with Crippen molar-refractivity contribution in [2.24, 2.45) is 5.73 Å². The molecular formula is C16H22N2O2. The number of nitrogens with one attached hydrogen (secondary N) is 1. The molecule has 1 aliphatic carbocycles. The Morgan fingerprint density at radius 3 is 2.80 bits per heavy atom. The summed E-state index contributed by atoms with van der Waals surface area (Å²) in [4.78, 5) is 12.2. The second-order valence-electron chi connectivity index (χ2n) is 5.25. The minimum absolute atomic E-state index is 0.0616. The second kappa shape index (κ2) is 6.57. The molecule has 0 aliphatic heterocycles. The number of para-hydroxylation sites is 1. The molecule has 0 unspecified atom stereocenters. The summed E-state index contributed by atoms with van der Waals surface area (Å²) < 4.78 is 5.57. The average molecular weight is 274 g/mol. The van der Waals surface area contributed by atoms with E-state index in [1.165, 1.54) is 0 Å². The summed E-state index contributed by atoms with van der Waals surface area (Å²) in [5.41, 5.74) is 6.39. The number of hydrogen-bond donors (Lipinski definition) is 2. The van der Waals surface area contributed by atoms with Gasteiger partial charge in [-0.3, -0.25) is 4.79 Å². The van der Waals surface area contributed by atoms with Gasteiger partial charge in [-0.05, 0) is 18.9 Å².